The van der Waals surface area contributed by atoms with Gasteiger partial charge in [0.25, 0.3) is 0 Å². The fraction of sp³-hybridized carbons (Fsp3) is 0.500. The normalized spacial score (nSPS) is 10.3. The van der Waals surface area contributed by atoms with Crippen LogP contribution in [0, 0.1) is 13.8 Å². The Bertz CT molecular complexity index is 330. The van der Waals surface area contributed by atoms with Gasteiger partial charge in [0.1, 0.15) is 0 Å². The summed E-state index contributed by atoms with van der Waals surface area (Å²) in [5.41, 5.74) is 3.50. The molecule has 1 aromatic rings. The van der Waals surface area contributed by atoms with Crippen molar-refractivity contribution in [3.8, 4) is 11.5 Å². The van der Waals surface area contributed by atoms with E-state index in [2.05, 4.69) is 6.92 Å². The lowest BCUT2D eigenvalue weighted by molar-refractivity contribution is 0.370. The maximum Gasteiger partial charge on any atom is 0.163 e. The Morgan fingerprint density at radius 2 is 2.00 bits per heavy atom. The Hall–Kier alpha value is -1.18. The van der Waals surface area contributed by atoms with Gasteiger partial charge in [-0.25, -0.2) is 0 Å². The fourth-order valence-electron chi connectivity index (χ4n) is 1.87. The second kappa shape index (κ2) is 4.36. The molecule has 0 aliphatic heterocycles. The van der Waals surface area contributed by atoms with Crippen LogP contribution in [-0.2, 0) is 6.42 Å². The van der Waals surface area contributed by atoms with Crippen molar-refractivity contribution in [2.24, 2.45) is 0 Å². The van der Waals surface area contributed by atoms with Crippen molar-refractivity contribution in [2.75, 3.05) is 7.11 Å². The lowest BCUT2D eigenvalue weighted by Gasteiger charge is -2.14. The third-order valence-electron chi connectivity index (χ3n) is 2.56. The van der Waals surface area contributed by atoms with Crippen molar-refractivity contribution >= 4 is 0 Å². The third kappa shape index (κ3) is 1.84. The SMILES string of the molecule is CCCc1c(C)cc(O)c(OC)c1C. The van der Waals surface area contributed by atoms with Gasteiger partial charge < -0.3 is 9.84 Å². The largest absolute Gasteiger partial charge is 0.504 e. The number of phenols is 1. The van der Waals surface area contributed by atoms with E-state index in [0.29, 0.717) is 5.75 Å². The van der Waals surface area contributed by atoms with Crippen molar-refractivity contribution in [1.29, 1.82) is 0 Å². The van der Waals surface area contributed by atoms with Crippen LogP contribution in [0.4, 0.5) is 0 Å². The van der Waals surface area contributed by atoms with Gasteiger partial charge in [0.2, 0.25) is 0 Å². The van der Waals surface area contributed by atoms with E-state index >= 15 is 0 Å². The molecule has 0 fully saturated rings. The number of ether oxygens (including phenoxy) is 1. The summed E-state index contributed by atoms with van der Waals surface area (Å²) in [6, 6.07) is 1.77. The Balaban J connectivity index is 3.28. The van der Waals surface area contributed by atoms with Crippen LogP contribution in [-0.4, -0.2) is 12.2 Å². The van der Waals surface area contributed by atoms with Crippen molar-refractivity contribution in [2.45, 2.75) is 33.6 Å². The van der Waals surface area contributed by atoms with Gasteiger partial charge >= 0.3 is 0 Å². The molecule has 0 aromatic heterocycles. The Morgan fingerprint density at radius 1 is 1.36 bits per heavy atom. The predicted octanol–water partition coefficient (Wildman–Crippen LogP) is 2.97. The Kier molecular flexibility index (Phi) is 3.39. The molecular weight excluding hydrogens is 176 g/mol. The first kappa shape index (κ1) is 10.9. The van der Waals surface area contributed by atoms with Crippen LogP contribution in [0.25, 0.3) is 0 Å². The highest BCUT2D eigenvalue weighted by Gasteiger charge is 2.12. The molecule has 78 valence electrons. The smallest absolute Gasteiger partial charge is 0.163 e. The van der Waals surface area contributed by atoms with E-state index in [1.165, 1.54) is 5.56 Å². The Labute approximate surface area is 85.5 Å². The molecule has 0 amide bonds. The summed E-state index contributed by atoms with van der Waals surface area (Å²) >= 11 is 0. The second-order valence-electron chi connectivity index (χ2n) is 3.60. The summed E-state index contributed by atoms with van der Waals surface area (Å²) in [6.45, 7) is 6.17. The summed E-state index contributed by atoms with van der Waals surface area (Å²) in [7, 11) is 1.59. The number of aromatic hydroxyl groups is 1. The molecule has 2 heteroatoms. The van der Waals surface area contributed by atoms with Gasteiger partial charge in [-0.15, -0.1) is 0 Å². The molecule has 0 aliphatic rings. The van der Waals surface area contributed by atoms with Gasteiger partial charge in [0, 0.05) is 0 Å². The molecule has 1 N–H and O–H groups in total. The monoisotopic (exact) mass is 194 g/mol. The highest BCUT2D eigenvalue weighted by atomic mass is 16.5. The van der Waals surface area contributed by atoms with Crippen molar-refractivity contribution in [1.82, 2.24) is 0 Å². The molecule has 0 saturated carbocycles. The molecule has 0 unspecified atom stereocenters. The highest BCUT2D eigenvalue weighted by molar-refractivity contribution is 5.52. The number of aryl methyl sites for hydroxylation is 1. The molecule has 0 bridgehead atoms. The van der Waals surface area contributed by atoms with E-state index in [9.17, 15) is 5.11 Å². The lowest BCUT2D eigenvalue weighted by Crippen LogP contribution is -1.97. The van der Waals surface area contributed by atoms with Gasteiger partial charge in [0.05, 0.1) is 7.11 Å². The summed E-state index contributed by atoms with van der Waals surface area (Å²) in [6.07, 6.45) is 2.14. The number of rotatable bonds is 3. The molecule has 1 aromatic carbocycles. The zero-order chi connectivity index (χ0) is 10.7. The molecule has 0 atom stereocenters. The van der Waals surface area contributed by atoms with Crippen LogP contribution >= 0.6 is 0 Å². The summed E-state index contributed by atoms with van der Waals surface area (Å²) in [5.74, 6) is 0.849. The number of hydrogen-bond acceptors (Lipinski definition) is 2. The van der Waals surface area contributed by atoms with Crippen LogP contribution in [0.5, 0.6) is 11.5 Å². The number of phenolic OH excluding ortho intramolecular Hbond substituents is 1. The van der Waals surface area contributed by atoms with Gasteiger partial charge in [-0.05, 0) is 43.0 Å². The zero-order valence-electron chi connectivity index (χ0n) is 9.35. The van der Waals surface area contributed by atoms with E-state index in [4.69, 9.17) is 4.74 Å². The second-order valence-corrected chi connectivity index (χ2v) is 3.60. The number of hydrogen-bond donors (Lipinski definition) is 1. The molecule has 0 radical (unpaired) electrons. The minimum absolute atomic E-state index is 0.238. The minimum Gasteiger partial charge on any atom is -0.504 e. The van der Waals surface area contributed by atoms with Crippen molar-refractivity contribution in [3.63, 3.8) is 0 Å². The Morgan fingerprint density at radius 3 is 2.50 bits per heavy atom. The van der Waals surface area contributed by atoms with Crippen LogP contribution in [0.15, 0.2) is 6.07 Å². The third-order valence-corrected chi connectivity index (χ3v) is 2.56. The summed E-state index contributed by atoms with van der Waals surface area (Å²) < 4.78 is 5.17. The fourth-order valence-corrected chi connectivity index (χ4v) is 1.87. The van der Waals surface area contributed by atoms with Gasteiger partial charge in [-0.3, -0.25) is 0 Å². The van der Waals surface area contributed by atoms with Crippen LogP contribution < -0.4 is 4.74 Å². The van der Waals surface area contributed by atoms with Crippen molar-refractivity contribution < 1.29 is 9.84 Å². The van der Waals surface area contributed by atoms with Gasteiger partial charge in [-0.2, -0.15) is 0 Å². The minimum atomic E-state index is 0.238. The van der Waals surface area contributed by atoms with Crippen LogP contribution in [0.2, 0.25) is 0 Å². The summed E-state index contributed by atoms with van der Waals surface area (Å²) in [4.78, 5) is 0. The molecule has 0 spiro atoms. The maximum atomic E-state index is 9.64. The molecule has 1 rings (SSSR count). The van der Waals surface area contributed by atoms with E-state index in [-0.39, 0.29) is 5.75 Å². The molecule has 0 aliphatic carbocycles. The first-order valence-electron chi connectivity index (χ1n) is 4.97. The first-order valence-corrected chi connectivity index (χ1v) is 4.97. The number of benzene rings is 1. The quantitative estimate of drug-likeness (QED) is 0.801. The summed E-state index contributed by atoms with van der Waals surface area (Å²) in [5, 5.41) is 9.64. The van der Waals surface area contributed by atoms with E-state index in [0.717, 1.165) is 24.0 Å². The molecular formula is C12H18O2. The van der Waals surface area contributed by atoms with E-state index in [1.54, 1.807) is 13.2 Å². The van der Waals surface area contributed by atoms with E-state index < -0.39 is 0 Å². The van der Waals surface area contributed by atoms with Crippen LogP contribution in [0.1, 0.15) is 30.0 Å². The molecule has 14 heavy (non-hydrogen) atoms. The average Bonchev–Trinajstić information content (AvgIpc) is 2.12. The average molecular weight is 194 g/mol. The number of methoxy groups -OCH3 is 1. The predicted molar refractivity (Wildman–Crippen MR) is 58.1 cm³/mol. The zero-order valence-corrected chi connectivity index (χ0v) is 9.35. The molecule has 0 heterocycles. The lowest BCUT2D eigenvalue weighted by atomic mass is 9.97. The molecule has 2 nitrogen and oxygen atoms in total. The van der Waals surface area contributed by atoms with Crippen LogP contribution in [0.3, 0.4) is 0 Å². The molecule has 0 saturated heterocycles. The van der Waals surface area contributed by atoms with Gasteiger partial charge in [0.15, 0.2) is 11.5 Å². The topological polar surface area (TPSA) is 29.5 Å². The first-order chi connectivity index (χ1) is 6.61. The standard InChI is InChI=1S/C12H18O2/c1-5-6-10-8(2)7-11(13)12(14-4)9(10)3/h7,13H,5-6H2,1-4H3. The highest BCUT2D eigenvalue weighted by Crippen LogP contribution is 2.34. The van der Waals surface area contributed by atoms with Crippen molar-refractivity contribution in [3.05, 3.63) is 22.8 Å². The van der Waals surface area contributed by atoms with Gasteiger partial charge in [-0.1, -0.05) is 13.3 Å². The maximum absolute atomic E-state index is 9.64. The van der Waals surface area contributed by atoms with E-state index in [1.807, 2.05) is 13.8 Å².